The van der Waals surface area contributed by atoms with E-state index in [-0.39, 0.29) is 0 Å². The molecule has 1 saturated heterocycles. The third-order valence-corrected chi connectivity index (χ3v) is 3.45. The molecular weight excluding hydrogens is 224 g/mol. The molecule has 1 atom stereocenters. The van der Waals surface area contributed by atoms with Crippen molar-refractivity contribution in [1.29, 1.82) is 0 Å². The molecule has 4 nitrogen and oxygen atoms in total. The van der Waals surface area contributed by atoms with Gasteiger partial charge in [0.05, 0.1) is 6.20 Å². The van der Waals surface area contributed by atoms with Gasteiger partial charge in [0.15, 0.2) is 5.82 Å². The number of nitrogens with one attached hydrogen (secondary N) is 1. The van der Waals surface area contributed by atoms with Crippen LogP contribution in [0.1, 0.15) is 38.2 Å². The van der Waals surface area contributed by atoms with Crippen molar-refractivity contribution in [3.63, 3.8) is 0 Å². The van der Waals surface area contributed by atoms with Crippen molar-refractivity contribution in [2.45, 2.75) is 45.6 Å². The molecular formula is C14H24N4. The Morgan fingerprint density at radius 1 is 1.44 bits per heavy atom. The quantitative estimate of drug-likeness (QED) is 0.867. The van der Waals surface area contributed by atoms with E-state index >= 15 is 0 Å². The zero-order chi connectivity index (χ0) is 12.8. The van der Waals surface area contributed by atoms with Gasteiger partial charge in [0.25, 0.3) is 0 Å². The molecule has 0 saturated carbocycles. The van der Waals surface area contributed by atoms with Crippen LogP contribution < -0.4 is 10.2 Å². The Balaban J connectivity index is 2.02. The number of rotatable bonds is 5. The fourth-order valence-corrected chi connectivity index (χ4v) is 2.52. The van der Waals surface area contributed by atoms with Crippen LogP contribution in [0.5, 0.6) is 0 Å². The summed E-state index contributed by atoms with van der Waals surface area (Å²) in [5.41, 5.74) is 1.18. The largest absolute Gasteiger partial charge is 0.354 e. The van der Waals surface area contributed by atoms with Crippen LogP contribution in [-0.4, -0.2) is 35.9 Å². The second kappa shape index (κ2) is 6.69. The summed E-state index contributed by atoms with van der Waals surface area (Å²) in [6, 6.07) is 2.73. The van der Waals surface area contributed by atoms with Gasteiger partial charge >= 0.3 is 0 Å². The second-order valence-corrected chi connectivity index (χ2v) is 5.18. The van der Waals surface area contributed by atoms with Gasteiger partial charge in [0.2, 0.25) is 0 Å². The maximum Gasteiger partial charge on any atom is 0.151 e. The van der Waals surface area contributed by atoms with Crippen LogP contribution in [-0.2, 0) is 0 Å². The average Bonchev–Trinajstić information content (AvgIpc) is 2.39. The maximum absolute atomic E-state index is 4.27. The summed E-state index contributed by atoms with van der Waals surface area (Å²) in [5, 5.41) is 11.9. The summed E-state index contributed by atoms with van der Waals surface area (Å²) in [7, 11) is 0. The predicted octanol–water partition coefficient (Wildman–Crippen LogP) is 2.14. The van der Waals surface area contributed by atoms with Gasteiger partial charge in [-0.25, -0.2) is 0 Å². The Morgan fingerprint density at radius 3 is 3.00 bits per heavy atom. The van der Waals surface area contributed by atoms with Gasteiger partial charge in [-0.15, -0.1) is 5.10 Å². The van der Waals surface area contributed by atoms with Crippen LogP contribution in [0.15, 0.2) is 12.3 Å². The van der Waals surface area contributed by atoms with Crippen LogP contribution >= 0.6 is 0 Å². The molecule has 1 aromatic rings. The second-order valence-electron chi connectivity index (χ2n) is 5.18. The normalized spacial score (nSPS) is 19.8. The fourth-order valence-electron chi connectivity index (χ4n) is 2.52. The van der Waals surface area contributed by atoms with E-state index in [9.17, 15) is 0 Å². The van der Waals surface area contributed by atoms with Crippen molar-refractivity contribution in [2.24, 2.45) is 0 Å². The summed E-state index contributed by atoms with van der Waals surface area (Å²) in [4.78, 5) is 2.36. The molecule has 0 spiro atoms. The number of anilines is 1. The minimum absolute atomic E-state index is 0.604. The lowest BCUT2D eigenvalue weighted by atomic mass is 10.0. The van der Waals surface area contributed by atoms with Gasteiger partial charge in [-0.05, 0) is 44.4 Å². The van der Waals surface area contributed by atoms with Gasteiger partial charge in [-0.3, -0.25) is 0 Å². The van der Waals surface area contributed by atoms with Crippen molar-refractivity contribution in [3.05, 3.63) is 17.8 Å². The summed E-state index contributed by atoms with van der Waals surface area (Å²) in [6.45, 7) is 7.54. The standard InChI is InChI=1S/C14H24N4/c1-3-8-18(11-13-6-4-5-7-15-13)14-9-12(2)10-16-17-14/h9-10,13,15H,3-8,11H2,1-2H3. The molecule has 1 fully saturated rings. The number of hydrogen-bond donors (Lipinski definition) is 1. The van der Waals surface area contributed by atoms with E-state index in [0.29, 0.717) is 6.04 Å². The van der Waals surface area contributed by atoms with Crippen molar-refractivity contribution in [2.75, 3.05) is 24.5 Å². The van der Waals surface area contributed by atoms with E-state index in [1.54, 1.807) is 0 Å². The van der Waals surface area contributed by atoms with Crippen LogP contribution in [0.3, 0.4) is 0 Å². The molecule has 2 heterocycles. The summed E-state index contributed by atoms with van der Waals surface area (Å²) < 4.78 is 0. The van der Waals surface area contributed by atoms with Crippen LogP contribution in [0, 0.1) is 6.92 Å². The lowest BCUT2D eigenvalue weighted by molar-refractivity contribution is 0.398. The van der Waals surface area contributed by atoms with E-state index in [2.05, 4.69) is 40.3 Å². The third kappa shape index (κ3) is 3.67. The zero-order valence-corrected chi connectivity index (χ0v) is 11.5. The molecule has 1 aliphatic rings. The Morgan fingerprint density at radius 2 is 2.33 bits per heavy atom. The molecule has 1 aliphatic heterocycles. The van der Waals surface area contributed by atoms with Crippen LogP contribution in [0.25, 0.3) is 0 Å². The lowest BCUT2D eigenvalue weighted by Crippen LogP contribution is -2.44. The number of aromatic nitrogens is 2. The highest BCUT2D eigenvalue weighted by Crippen LogP contribution is 2.15. The minimum Gasteiger partial charge on any atom is -0.354 e. The fraction of sp³-hybridized carbons (Fsp3) is 0.714. The third-order valence-electron chi connectivity index (χ3n) is 3.45. The van der Waals surface area contributed by atoms with E-state index in [0.717, 1.165) is 31.9 Å². The van der Waals surface area contributed by atoms with Gasteiger partial charge in [-0.1, -0.05) is 13.3 Å². The summed E-state index contributed by atoms with van der Waals surface area (Å²) in [6.07, 6.45) is 6.89. The monoisotopic (exact) mass is 248 g/mol. The lowest BCUT2D eigenvalue weighted by Gasteiger charge is -2.31. The molecule has 0 amide bonds. The van der Waals surface area contributed by atoms with E-state index in [1.807, 2.05) is 6.20 Å². The van der Waals surface area contributed by atoms with Gasteiger partial charge in [0.1, 0.15) is 0 Å². The topological polar surface area (TPSA) is 41.0 Å². The number of nitrogens with zero attached hydrogens (tertiary/aromatic N) is 3. The molecule has 0 aromatic carbocycles. The first kappa shape index (κ1) is 13.3. The molecule has 0 aliphatic carbocycles. The Bertz CT molecular complexity index is 361. The Hall–Kier alpha value is -1.16. The SMILES string of the molecule is CCCN(CC1CCCCN1)c1cc(C)cnn1. The summed E-state index contributed by atoms with van der Waals surface area (Å²) in [5.74, 6) is 1.02. The highest BCUT2D eigenvalue weighted by molar-refractivity contribution is 5.39. The Labute approximate surface area is 110 Å². The molecule has 100 valence electrons. The Kier molecular flexibility index (Phi) is 4.93. The average molecular weight is 248 g/mol. The first-order valence-electron chi connectivity index (χ1n) is 7.07. The highest BCUT2D eigenvalue weighted by Gasteiger charge is 2.17. The van der Waals surface area contributed by atoms with Gasteiger partial charge in [-0.2, -0.15) is 5.10 Å². The molecule has 4 heteroatoms. The molecule has 2 rings (SSSR count). The van der Waals surface area contributed by atoms with Crippen molar-refractivity contribution >= 4 is 5.82 Å². The van der Waals surface area contributed by atoms with Gasteiger partial charge in [0, 0.05) is 19.1 Å². The molecule has 0 radical (unpaired) electrons. The first-order valence-corrected chi connectivity index (χ1v) is 7.07. The number of hydrogen-bond acceptors (Lipinski definition) is 4. The molecule has 0 bridgehead atoms. The number of piperidine rings is 1. The molecule has 18 heavy (non-hydrogen) atoms. The smallest absolute Gasteiger partial charge is 0.151 e. The maximum atomic E-state index is 4.27. The highest BCUT2D eigenvalue weighted by atomic mass is 15.3. The predicted molar refractivity (Wildman–Crippen MR) is 74.9 cm³/mol. The van der Waals surface area contributed by atoms with Crippen LogP contribution in [0.4, 0.5) is 5.82 Å². The molecule has 1 N–H and O–H groups in total. The van der Waals surface area contributed by atoms with E-state index < -0.39 is 0 Å². The van der Waals surface area contributed by atoms with Gasteiger partial charge < -0.3 is 10.2 Å². The van der Waals surface area contributed by atoms with E-state index in [1.165, 1.54) is 24.8 Å². The molecule has 1 unspecified atom stereocenters. The summed E-state index contributed by atoms with van der Waals surface area (Å²) >= 11 is 0. The molecule has 1 aromatic heterocycles. The zero-order valence-electron chi connectivity index (χ0n) is 11.5. The first-order chi connectivity index (χ1) is 8.79. The van der Waals surface area contributed by atoms with Crippen molar-refractivity contribution < 1.29 is 0 Å². The number of aryl methyl sites for hydroxylation is 1. The van der Waals surface area contributed by atoms with Crippen molar-refractivity contribution in [3.8, 4) is 0 Å². The van der Waals surface area contributed by atoms with E-state index in [4.69, 9.17) is 0 Å². The van der Waals surface area contributed by atoms with Crippen LogP contribution in [0.2, 0.25) is 0 Å². The van der Waals surface area contributed by atoms with Crippen molar-refractivity contribution in [1.82, 2.24) is 15.5 Å². The minimum atomic E-state index is 0.604.